The number of hydrogen-bond donors (Lipinski definition) is 1. The highest BCUT2D eigenvalue weighted by Crippen LogP contribution is 2.32. The summed E-state index contributed by atoms with van der Waals surface area (Å²) in [4.78, 5) is 11.7. The fraction of sp³-hybridized carbons (Fsp3) is 0.533. The van der Waals surface area contributed by atoms with Crippen LogP contribution in [0.15, 0.2) is 12.1 Å². The number of carbonyl (C=O) groups is 1. The van der Waals surface area contributed by atoms with Crippen LogP contribution in [0.2, 0.25) is 0 Å². The maximum atomic E-state index is 11.7. The summed E-state index contributed by atoms with van der Waals surface area (Å²) >= 11 is 0. The minimum absolute atomic E-state index is 0.0251. The molecule has 0 aliphatic carbocycles. The van der Waals surface area contributed by atoms with Crippen LogP contribution in [0, 0.1) is 12.8 Å². The van der Waals surface area contributed by atoms with Crippen molar-refractivity contribution in [3.05, 3.63) is 23.3 Å². The number of aryl methyl sites for hydroxylation is 1. The lowest BCUT2D eigenvalue weighted by molar-refractivity contribution is -0.124. The first-order chi connectivity index (χ1) is 8.90. The van der Waals surface area contributed by atoms with Gasteiger partial charge < -0.3 is 14.8 Å². The quantitative estimate of drug-likeness (QED) is 0.890. The minimum Gasteiger partial charge on any atom is -0.493 e. The maximum absolute atomic E-state index is 11.7. The summed E-state index contributed by atoms with van der Waals surface area (Å²) in [5.41, 5.74) is 2.10. The Morgan fingerprint density at radius 3 is 2.11 bits per heavy atom. The highest BCUT2D eigenvalue weighted by molar-refractivity contribution is 5.78. The van der Waals surface area contributed by atoms with Gasteiger partial charge >= 0.3 is 0 Å². The largest absolute Gasteiger partial charge is 0.493 e. The molecule has 1 amide bonds. The second-order valence-electron chi connectivity index (χ2n) is 4.95. The molecule has 0 heterocycles. The van der Waals surface area contributed by atoms with Crippen molar-refractivity contribution in [3.8, 4) is 11.5 Å². The van der Waals surface area contributed by atoms with Crippen molar-refractivity contribution in [2.45, 2.75) is 33.7 Å². The number of rotatable bonds is 5. The summed E-state index contributed by atoms with van der Waals surface area (Å²) in [5.74, 6) is 1.39. The van der Waals surface area contributed by atoms with Gasteiger partial charge in [0.15, 0.2) is 11.5 Å². The van der Waals surface area contributed by atoms with Crippen LogP contribution >= 0.6 is 0 Å². The van der Waals surface area contributed by atoms with Gasteiger partial charge in [-0.3, -0.25) is 4.79 Å². The Morgan fingerprint density at radius 1 is 1.11 bits per heavy atom. The molecule has 4 heteroatoms. The van der Waals surface area contributed by atoms with Crippen molar-refractivity contribution < 1.29 is 14.3 Å². The smallest absolute Gasteiger partial charge is 0.223 e. The van der Waals surface area contributed by atoms with Gasteiger partial charge in [0.1, 0.15) is 0 Å². The molecule has 4 nitrogen and oxygen atoms in total. The Bertz CT molecular complexity index is 455. The standard InChI is InChI=1S/C15H23NO3/c1-9(2)15(17)16-11(4)12-8-14(19-6)13(18-5)7-10(12)3/h7-9,11H,1-6H3,(H,16,17). The summed E-state index contributed by atoms with van der Waals surface area (Å²) in [6.07, 6.45) is 0. The van der Waals surface area contributed by atoms with Gasteiger partial charge in [-0.25, -0.2) is 0 Å². The minimum atomic E-state index is -0.0605. The van der Waals surface area contributed by atoms with E-state index in [9.17, 15) is 4.79 Å². The highest BCUT2D eigenvalue weighted by atomic mass is 16.5. The molecule has 0 radical (unpaired) electrons. The summed E-state index contributed by atoms with van der Waals surface area (Å²) in [5, 5.41) is 2.99. The summed E-state index contributed by atoms with van der Waals surface area (Å²) in [6, 6.07) is 3.78. The van der Waals surface area contributed by atoms with Crippen molar-refractivity contribution >= 4 is 5.91 Å². The normalized spacial score (nSPS) is 12.2. The van der Waals surface area contributed by atoms with E-state index in [1.807, 2.05) is 39.8 Å². The predicted molar refractivity (Wildman–Crippen MR) is 75.7 cm³/mol. The van der Waals surface area contributed by atoms with Crippen molar-refractivity contribution in [2.75, 3.05) is 14.2 Å². The number of methoxy groups -OCH3 is 2. The topological polar surface area (TPSA) is 47.6 Å². The van der Waals surface area contributed by atoms with Crippen LogP contribution in [0.3, 0.4) is 0 Å². The zero-order valence-electron chi connectivity index (χ0n) is 12.5. The monoisotopic (exact) mass is 265 g/mol. The van der Waals surface area contributed by atoms with Crippen molar-refractivity contribution in [2.24, 2.45) is 5.92 Å². The van der Waals surface area contributed by atoms with Gasteiger partial charge in [0.25, 0.3) is 0 Å². The summed E-state index contributed by atoms with van der Waals surface area (Å²) in [6.45, 7) is 7.72. The van der Waals surface area contributed by atoms with Crippen LogP contribution in [0.5, 0.6) is 11.5 Å². The average molecular weight is 265 g/mol. The van der Waals surface area contributed by atoms with E-state index < -0.39 is 0 Å². The van der Waals surface area contributed by atoms with E-state index in [1.165, 1.54) is 0 Å². The highest BCUT2D eigenvalue weighted by Gasteiger charge is 2.16. The summed E-state index contributed by atoms with van der Waals surface area (Å²) < 4.78 is 10.6. The molecular formula is C15H23NO3. The van der Waals surface area contributed by atoms with E-state index in [2.05, 4.69) is 5.32 Å². The van der Waals surface area contributed by atoms with E-state index in [1.54, 1.807) is 14.2 Å². The van der Waals surface area contributed by atoms with Crippen LogP contribution in [0.1, 0.15) is 37.9 Å². The van der Waals surface area contributed by atoms with Gasteiger partial charge in [-0.15, -0.1) is 0 Å². The molecule has 1 aromatic rings. The van der Waals surface area contributed by atoms with Gasteiger partial charge in [0.05, 0.1) is 20.3 Å². The van der Waals surface area contributed by atoms with Crippen LogP contribution in [0.4, 0.5) is 0 Å². The molecule has 0 aliphatic heterocycles. The second-order valence-corrected chi connectivity index (χ2v) is 4.95. The van der Waals surface area contributed by atoms with Crippen LogP contribution in [-0.4, -0.2) is 20.1 Å². The third-order valence-corrected chi connectivity index (χ3v) is 3.12. The molecule has 1 atom stereocenters. The lowest BCUT2D eigenvalue weighted by Crippen LogP contribution is -2.30. The number of nitrogens with one attached hydrogen (secondary N) is 1. The van der Waals surface area contributed by atoms with Crippen LogP contribution < -0.4 is 14.8 Å². The fourth-order valence-electron chi connectivity index (χ4n) is 1.92. The first-order valence-corrected chi connectivity index (χ1v) is 6.43. The summed E-state index contributed by atoms with van der Waals surface area (Å²) in [7, 11) is 3.22. The number of hydrogen-bond acceptors (Lipinski definition) is 3. The third kappa shape index (κ3) is 3.63. The Labute approximate surface area is 115 Å². The number of ether oxygens (including phenoxy) is 2. The second kappa shape index (κ2) is 6.45. The fourth-order valence-corrected chi connectivity index (χ4v) is 1.92. The molecule has 0 aromatic heterocycles. The van der Waals surface area contributed by atoms with Crippen molar-refractivity contribution in [3.63, 3.8) is 0 Å². The Kier molecular flexibility index (Phi) is 5.21. The lowest BCUT2D eigenvalue weighted by Gasteiger charge is -2.20. The average Bonchev–Trinajstić information content (AvgIpc) is 2.37. The van der Waals surface area contributed by atoms with E-state index >= 15 is 0 Å². The molecule has 19 heavy (non-hydrogen) atoms. The van der Waals surface area contributed by atoms with E-state index in [0.717, 1.165) is 11.1 Å². The van der Waals surface area contributed by atoms with Gasteiger partial charge in [0.2, 0.25) is 5.91 Å². The molecule has 1 unspecified atom stereocenters. The molecule has 106 valence electrons. The first kappa shape index (κ1) is 15.3. The molecular weight excluding hydrogens is 242 g/mol. The van der Waals surface area contributed by atoms with Crippen molar-refractivity contribution in [1.82, 2.24) is 5.32 Å². The molecule has 0 saturated heterocycles. The molecule has 0 saturated carbocycles. The molecule has 1 aromatic carbocycles. The van der Waals surface area contributed by atoms with Gasteiger partial charge in [-0.1, -0.05) is 13.8 Å². The third-order valence-electron chi connectivity index (χ3n) is 3.12. The lowest BCUT2D eigenvalue weighted by atomic mass is 10.0. The van der Waals surface area contributed by atoms with Crippen molar-refractivity contribution in [1.29, 1.82) is 0 Å². The zero-order valence-corrected chi connectivity index (χ0v) is 12.5. The molecule has 0 aliphatic rings. The molecule has 1 N–H and O–H groups in total. The van der Waals surface area contributed by atoms with Gasteiger partial charge in [-0.05, 0) is 37.1 Å². The Balaban J connectivity index is 3.03. The number of benzene rings is 1. The molecule has 0 fully saturated rings. The first-order valence-electron chi connectivity index (χ1n) is 6.43. The van der Waals surface area contributed by atoms with Crippen LogP contribution in [-0.2, 0) is 4.79 Å². The zero-order chi connectivity index (χ0) is 14.6. The molecule has 0 spiro atoms. The SMILES string of the molecule is COc1cc(C)c(C(C)NC(=O)C(C)C)cc1OC. The van der Waals surface area contributed by atoms with E-state index in [4.69, 9.17) is 9.47 Å². The maximum Gasteiger partial charge on any atom is 0.223 e. The van der Waals surface area contributed by atoms with E-state index in [-0.39, 0.29) is 17.9 Å². The molecule has 1 rings (SSSR count). The number of amides is 1. The number of carbonyl (C=O) groups excluding carboxylic acids is 1. The van der Waals surface area contributed by atoms with Crippen LogP contribution in [0.25, 0.3) is 0 Å². The Hall–Kier alpha value is -1.71. The van der Waals surface area contributed by atoms with Gasteiger partial charge in [-0.2, -0.15) is 0 Å². The molecule has 0 bridgehead atoms. The van der Waals surface area contributed by atoms with E-state index in [0.29, 0.717) is 11.5 Å². The Morgan fingerprint density at radius 2 is 1.63 bits per heavy atom. The predicted octanol–water partition coefficient (Wildman–Crippen LogP) is 2.85. The van der Waals surface area contributed by atoms with Gasteiger partial charge in [0, 0.05) is 5.92 Å².